The summed E-state index contributed by atoms with van der Waals surface area (Å²) in [5, 5.41) is 0. The van der Waals surface area contributed by atoms with Gasteiger partial charge in [-0.25, -0.2) is 0 Å². The van der Waals surface area contributed by atoms with Crippen LogP contribution in [-0.4, -0.2) is 18.7 Å². The van der Waals surface area contributed by atoms with Gasteiger partial charge in [-0.2, -0.15) is 127 Å². The molecule has 0 saturated carbocycles. The Bertz CT molecular complexity index is 2170. The van der Waals surface area contributed by atoms with Gasteiger partial charge in [0.15, 0.2) is 0 Å². The van der Waals surface area contributed by atoms with E-state index in [-0.39, 0.29) is 0 Å². The van der Waals surface area contributed by atoms with Gasteiger partial charge in [0, 0.05) is 5.56 Å². The van der Waals surface area contributed by atoms with Gasteiger partial charge in [-0.05, 0) is 47.1 Å². The molecule has 0 fully saturated rings. The Kier molecular flexibility index (Phi) is 16.2. The van der Waals surface area contributed by atoms with E-state index in [1.54, 1.807) is 0 Å². The zero-order chi connectivity index (χ0) is 53.6. The summed E-state index contributed by atoms with van der Waals surface area (Å²) < 4.78 is 341. The smallest absolute Gasteiger partial charge is 0.194 e. The van der Waals surface area contributed by atoms with Gasteiger partial charge in [-0.1, -0.05) is 86.1 Å². The summed E-state index contributed by atoms with van der Waals surface area (Å²) >= 11 is 0. The first-order valence-electron chi connectivity index (χ1n) is 19.5. The Labute approximate surface area is 383 Å². The van der Waals surface area contributed by atoms with E-state index in [4.69, 9.17) is 0 Å². The van der Waals surface area contributed by atoms with E-state index >= 15 is 0 Å². The summed E-state index contributed by atoms with van der Waals surface area (Å²) in [5.41, 5.74) is -27.3. The molecule has 0 radical (unpaired) electrons. The maximum Gasteiger partial charge on any atom is 0.416 e. The van der Waals surface area contributed by atoms with Crippen molar-refractivity contribution in [2.45, 2.75) is 74.9 Å². The van der Waals surface area contributed by atoms with Gasteiger partial charge >= 0.3 is 49.4 Å². The Morgan fingerprint density at radius 1 is 0.314 bits per heavy atom. The van der Waals surface area contributed by atoms with Crippen LogP contribution in [0.15, 0.2) is 97.1 Å². The van der Waals surface area contributed by atoms with Gasteiger partial charge in [0.05, 0.1) is 57.0 Å². The third-order valence-corrected chi connectivity index (χ3v) is 11.4. The fourth-order valence-electron chi connectivity index (χ4n) is 7.49. The first-order chi connectivity index (χ1) is 31.5. The van der Waals surface area contributed by atoms with Crippen molar-refractivity contribution in [3.8, 4) is 0 Å². The van der Waals surface area contributed by atoms with Crippen molar-refractivity contribution in [1.82, 2.24) is 0 Å². The lowest BCUT2D eigenvalue weighted by molar-refractivity contribution is -0.144. The van der Waals surface area contributed by atoms with Crippen LogP contribution in [0.1, 0.15) is 69.0 Å². The SMILES string of the molecule is CCCc1ccc(C[S+](C)C)cc1.FC(F)(F)c1cc([B-](c2cc(C(F)(F)F)cc(C(F)(F)F)c2)(c2cc(C(F)(F)F)cc(C(F)(F)F)c2)c2cc(C(F)(F)F)cc(C(F)(F)F)c2)cc(C(F)(F)F)c1. The van der Waals surface area contributed by atoms with E-state index in [1.807, 2.05) is 0 Å². The van der Waals surface area contributed by atoms with Crippen LogP contribution in [0.5, 0.6) is 0 Å². The number of hydrogen-bond acceptors (Lipinski definition) is 0. The Hall–Kier alpha value is -5.17. The van der Waals surface area contributed by atoms with E-state index in [0.717, 1.165) is 0 Å². The molecule has 5 aromatic rings. The van der Waals surface area contributed by atoms with Crippen LogP contribution in [-0.2, 0) is 72.5 Å². The van der Waals surface area contributed by atoms with Crippen LogP contribution < -0.4 is 21.9 Å². The van der Waals surface area contributed by atoms with Crippen molar-refractivity contribution >= 4 is 38.9 Å². The molecule has 0 aliphatic rings. The molecule has 0 saturated heterocycles. The summed E-state index contributed by atoms with van der Waals surface area (Å²) in [5.74, 6) is 1.23. The molecule has 5 aromatic carbocycles. The number of aryl methyl sites for hydroxylation is 1. The first kappa shape index (κ1) is 57.4. The molecule has 70 heavy (non-hydrogen) atoms. The molecule has 0 amide bonds. The third kappa shape index (κ3) is 13.8. The molecule has 0 aromatic heterocycles. The number of rotatable bonds is 8. The van der Waals surface area contributed by atoms with Crippen molar-refractivity contribution in [1.29, 1.82) is 0 Å². The highest BCUT2D eigenvalue weighted by molar-refractivity contribution is 7.94. The third-order valence-electron chi connectivity index (χ3n) is 10.5. The predicted molar refractivity (Wildman–Crippen MR) is 213 cm³/mol. The van der Waals surface area contributed by atoms with E-state index in [9.17, 15) is 105 Å². The minimum Gasteiger partial charge on any atom is -0.194 e. The van der Waals surface area contributed by atoms with Crippen LogP contribution in [0.25, 0.3) is 0 Å². The zero-order valence-corrected chi connectivity index (χ0v) is 36.2. The molecule has 0 heterocycles. The highest BCUT2D eigenvalue weighted by Crippen LogP contribution is 2.41. The Balaban J connectivity index is 0.000000707. The number of halogens is 24. The second kappa shape index (κ2) is 19.8. The molecule has 26 heteroatoms. The van der Waals surface area contributed by atoms with E-state index in [1.165, 1.54) is 29.7 Å². The van der Waals surface area contributed by atoms with Crippen molar-refractivity contribution in [3.63, 3.8) is 0 Å². The molecule has 0 aliphatic heterocycles. The molecule has 0 N–H and O–H groups in total. The first-order valence-corrected chi connectivity index (χ1v) is 21.7. The summed E-state index contributed by atoms with van der Waals surface area (Å²) in [6, 6.07) is 0.280. The summed E-state index contributed by atoms with van der Waals surface area (Å²) in [6.07, 6.45) is -47.8. The fraction of sp³-hybridized carbons (Fsp3) is 0.318. The average Bonchev–Trinajstić information content (AvgIpc) is 3.19. The van der Waals surface area contributed by atoms with Gasteiger partial charge in [0.25, 0.3) is 0 Å². The molecule has 0 unspecified atom stereocenters. The van der Waals surface area contributed by atoms with Crippen molar-refractivity contribution in [3.05, 3.63) is 153 Å². The molecule has 0 atom stereocenters. The van der Waals surface area contributed by atoms with Crippen LogP contribution in [0, 0.1) is 0 Å². The molecule has 0 bridgehead atoms. The van der Waals surface area contributed by atoms with Gasteiger partial charge in [0.1, 0.15) is 11.9 Å². The highest BCUT2D eigenvalue weighted by Gasteiger charge is 2.47. The van der Waals surface area contributed by atoms with Gasteiger partial charge in [-0.15, -0.1) is 0 Å². The minimum atomic E-state index is -6.13. The van der Waals surface area contributed by atoms with Gasteiger partial charge in [-0.3, -0.25) is 0 Å². The average molecular weight is 1060 g/mol. The molecule has 384 valence electrons. The van der Waals surface area contributed by atoms with Gasteiger partial charge < -0.3 is 0 Å². The molecule has 0 spiro atoms. The van der Waals surface area contributed by atoms with Crippen LogP contribution >= 0.6 is 0 Å². The summed E-state index contributed by atoms with van der Waals surface area (Å²) in [7, 11) is 0.523. The number of alkyl halides is 24. The van der Waals surface area contributed by atoms with Crippen molar-refractivity contribution < 1.29 is 105 Å². The largest absolute Gasteiger partial charge is 0.416 e. The number of hydrogen-bond donors (Lipinski definition) is 0. The number of benzene rings is 5. The minimum absolute atomic E-state index is 0.523. The van der Waals surface area contributed by atoms with Gasteiger partial charge in [0.2, 0.25) is 0 Å². The van der Waals surface area contributed by atoms with Crippen LogP contribution in [0.4, 0.5) is 105 Å². The Morgan fingerprint density at radius 2 is 0.500 bits per heavy atom. The van der Waals surface area contributed by atoms with Crippen molar-refractivity contribution in [2.24, 2.45) is 0 Å². The summed E-state index contributed by atoms with van der Waals surface area (Å²) in [4.78, 5) is 0. The second-order valence-electron chi connectivity index (χ2n) is 15.9. The Morgan fingerprint density at radius 3 is 0.657 bits per heavy atom. The quantitative estimate of drug-likeness (QED) is 0.0825. The normalized spacial score (nSPS) is 13.7. The lowest BCUT2D eigenvalue weighted by Crippen LogP contribution is -2.75. The summed E-state index contributed by atoms with van der Waals surface area (Å²) in [6.45, 7) is 2.23. The highest BCUT2D eigenvalue weighted by atomic mass is 32.2. The zero-order valence-electron chi connectivity index (χ0n) is 35.4. The molecular formula is C44H31BF24S. The van der Waals surface area contributed by atoms with Crippen molar-refractivity contribution in [2.75, 3.05) is 12.5 Å². The van der Waals surface area contributed by atoms with Crippen LogP contribution in [0.3, 0.4) is 0 Å². The predicted octanol–water partition coefficient (Wildman–Crippen LogP) is 14.2. The molecule has 0 aliphatic carbocycles. The molecule has 0 nitrogen and oxygen atoms in total. The second-order valence-corrected chi connectivity index (χ2v) is 18.2. The molecular weight excluding hydrogens is 1030 g/mol. The lowest BCUT2D eigenvalue weighted by atomic mass is 9.12. The molecule has 5 rings (SSSR count). The maximum atomic E-state index is 14.2. The monoisotopic (exact) mass is 1060 g/mol. The van der Waals surface area contributed by atoms with E-state index in [0.29, 0.717) is 10.9 Å². The standard InChI is InChI=1S/C32H12BF24.C12H19S/c34-25(35,36)13-1-14(26(37,38)39)6-21(5-13)33(22-7-15(27(40,41)42)2-16(8-22)28(43,44)45,23-9-17(29(46,47)48)3-18(10-23)30(49,50)51)24-11-19(31(52,53)54)4-20(12-24)32(55,56)57;1-4-5-11-6-8-12(9-7-11)10-13(2)3/h1-12H;6-9H,4-5,10H2,1-3H3/q-1;+1. The van der Waals surface area contributed by atoms with E-state index < -0.39 is 195 Å². The fourth-order valence-corrected chi connectivity index (χ4v) is 8.35. The van der Waals surface area contributed by atoms with Crippen LogP contribution in [0.2, 0.25) is 0 Å². The topological polar surface area (TPSA) is 0 Å². The maximum absolute atomic E-state index is 14.2. The lowest BCUT2D eigenvalue weighted by Gasteiger charge is -2.46. The van der Waals surface area contributed by atoms with E-state index in [2.05, 4.69) is 43.7 Å².